The van der Waals surface area contributed by atoms with E-state index in [1.807, 2.05) is 43.3 Å². The quantitative estimate of drug-likeness (QED) is 0.724. The number of esters is 1. The van der Waals surface area contributed by atoms with E-state index in [1.54, 1.807) is 24.3 Å². The lowest BCUT2D eigenvalue weighted by molar-refractivity contribution is -0.136. The maximum absolute atomic E-state index is 13.1. The highest BCUT2D eigenvalue weighted by atomic mass is 32.2. The minimum atomic E-state index is -3.58. The van der Waals surface area contributed by atoms with Crippen LogP contribution in [0.15, 0.2) is 76.7 Å². The lowest BCUT2D eigenvalue weighted by atomic mass is 9.83. The molecule has 150 valence electrons. The second-order valence-electron chi connectivity index (χ2n) is 7.48. The van der Waals surface area contributed by atoms with Gasteiger partial charge in [-0.2, -0.15) is 4.31 Å². The number of hydrogen-bond acceptors (Lipinski definition) is 4. The summed E-state index contributed by atoms with van der Waals surface area (Å²) in [5.74, 6) is -0.379. The molecule has 0 aromatic heterocycles. The van der Waals surface area contributed by atoms with Crippen molar-refractivity contribution in [2.75, 3.05) is 20.2 Å². The standard InChI is InChI=1S/C23H23NO4S/c1-16-8-10-20(11-9-16)29(26,27)24-14-18-12-21(17-6-4-3-5-7-17)22(23(25)28-2)13-19(18)15-24/h3-12,19H,13-15H2,1-2H3/t19-/m1/s1. The third kappa shape index (κ3) is 3.66. The summed E-state index contributed by atoms with van der Waals surface area (Å²) in [6.07, 6.45) is 2.45. The number of rotatable bonds is 4. The molecule has 2 aliphatic rings. The number of allylic oxidation sites excluding steroid dienone is 2. The summed E-state index contributed by atoms with van der Waals surface area (Å²) in [7, 11) is -2.21. The van der Waals surface area contributed by atoms with Crippen molar-refractivity contribution in [3.05, 3.63) is 82.9 Å². The molecule has 1 saturated heterocycles. The van der Waals surface area contributed by atoms with Gasteiger partial charge in [0, 0.05) is 18.7 Å². The monoisotopic (exact) mass is 409 g/mol. The molecule has 1 aliphatic heterocycles. The molecule has 5 nitrogen and oxygen atoms in total. The molecule has 0 spiro atoms. The summed E-state index contributed by atoms with van der Waals surface area (Å²) in [5.41, 5.74) is 4.40. The topological polar surface area (TPSA) is 63.7 Å². The lowest BCUT2D eigenvalue weighted by Gasteiger charge is -2.22. The van der Waals surface area contributed by atoms with Gasteiger partial charge in [-0.1, -0.05) is 54.1 Å². The Balaban J connectivity index is 1.67. The Morgan fingerprint density at radius 3 is 2.41 bits per heavy atom. The molecule has 0 bridgehead atoms. The van der Waals surface area contributed by atoms with Gasteiger partial charge in [0.25, 0.3) is 0 Å². The van der Waals surface area contributed by atoms with Crippen LogP contribution in [-0.2, 0) is 19.6 Å². The highest BCUT2D eigenvalue weighted by Gasteiger charge is 2.39. The van der Waals surface area contributed by atoms with Crippen molar-refractivity contribution in [2.24, 2.45) is 5.92 Å². The Labute approximate surface area is 171 Å². The van der Waals surface area contributed by atoms with Gasteiger partial charge in [-0.3, -0.25) is 0 Å². The molecule has 0 unspecified atom stereocenters. The van der Waals surface area contributed by atoms with Gasteiger partial charge >= 0.3 is 5.97 Å². The van der Waals surface area contributed by atoms with Crippen LogP contribution < -0.4 is 0 Å². The second kappa shape index (κ2) is 7.61. The highest BCUT2D eigenvalue weighted by Crippen LogP contribution is 2.40. The first-order valence-electron chi connectivity index (χ1n) is 9.54. The van der Waals surface area contributed by atoms with Crippen molar-refractivity contribution >= 4 is 21.6 Å². The Morgan fingerprint density at radius 1 is 1.07 bits per heavy atom. The zero-order chi connectivity index (χ0) is 20.6. The molecule has 1 fully saturated rings. The third-order valence-electron chi connectivity index (χ3n) is 5.59. The maximum atomic E-state index is 13.1. The number of methoxy groups -OCH3 is 1. The summed E-state index contributed by atoms with van der Waals surface area (Å²) in [6, 6.07) is 16.6. The maximum Gasteiger partial charge on any atom is 0.334 e. The van der Waals surface area contributed by atoms with Crippen LogP contribution in [0.5, 0.6) is 0 Å². The average Bonchev–Trinajstić information content (AvgIpc) is 3.17. The molecular formula is C23H23NO4S. The molecule has 0 saturated carbocycles. The number of aryl methyl sites for hydroxylation is 1. The van der Waals surface area contributed by atoms with Crippen LogP contribution >= 0.6 is 0 Å². The number of carbonyl (C=O) groups is 1. The lowest BCUT2D eigenvalue weighted by Crippen LogP contribution is -2.29. The van der Waals surface area contributed by atoms with E-state index in [2.05, 4.69) is 0 Å². The molecule has 4 rings (SSSR count). The largest absolute Gasteiger partial charge is 0.466 e. The first-order valence-corrected chi connectivity index (χ1v) is 11.0. The van der Waals surface area contributed by atoms with Crippen molar-refractivity contribution in [3.8, 4) is 0 Å². The number of fused-ring (bicyclic) bond motifs is 1. The van der Waals surface area contributed by atoms with Gasteiger partial charge in [-0.05, 0) is 48.1 Å². The van der Waals surface area contributed by atoms with E-state index in [9.17, 15) is 13.2 Å². The molecule has 1 heterocycles. The minimum Gasteiger partial charge on any atom is -0.466 e. The molecule has 1 atom stereocenters. The van der Waals surface area contributed by atoms with E-state index in [4.69, 9.17) is 4.74 Å². The number of nitrogens with zero attached hydrogens (tertiary/aromatic N) is 1. The fraction of sp³-hybridized carbons (Fsp3) is 0.261. The van der Waals surface area contributed by atoms with Gasteiger partial charge in [0.05, 0.1) is 12.0 Å². The van der Waals surface area contributed by atoms with E-state index in [0.717, 1.165) is 22.3 Å². The summed E-state index contributed by atoms with van der Waals surface area (Å²) >= 11 is 0. The minimum absolute atomic E-state index is 0.0169. The van der Waals surface area contributed by atoms with E-state index in [0.29, 0.717) is 30.0 Å². The molecule has 2 aromatic carbocycles. The molecule has 1 aliphatic carbocycles. The Kier molecular flexibility index (Phi) is 5.15. The number of hydrogen-bond donors (Lipinski definition) is 0. The number of benzene rings is 2. The van der Waals surface area contributed by atoms with Crippen LogP contribution in [0.25, 0.3) is 5.57 Å². The van der Waals surface area contributed by atoms with Gasteiger partial charge in [0.2, 0.25) is 10.0 Å². The van der Waals surface area contributed by atoms with Gasteiger partial charge in [0.15, 0.2) is 0 Å². The Hall–Kier alpha value is -2.70. The van der Waals surface area contributed by atoms with Crippen LogP contribution in [0.2, 0.25) is 0 Å². The van der Waals surface area contributed by atoms with Gasteiger partial charge in [-0.25, -0.2) is 13.2 Å². The number of ether oxygens (including phenoxy) is 1. The molecule has 6 heteroatoms. The van der Waals surface area contributed by atoms with Gasteiger partial charge < -0.3 is 4.74 Å². The summed E-state index contributed by atoms with van der Waals surface area (Å²) in [4.78, 5) is 12.7. The third-order valence-corrected chi connectivity index (χ3v) is 7.41. The van der Waals surface area contributed by atoms with E-state index in [1.165, 1.54) is 11.4 Å². The number of carbonyl (C=O) groups excluding carboxylic acids is 1. The van der Waals surface area contributed by atoms with Crippen LogP contribution in [0.3, 0.4) is 0 Å². The summed E-state index contributed by atoms with van der Waals surface area (Å²) in [6.45, 7) is 2.63. The van der Waals surface area contributed by atoms with Crippen molar-refractivity contribution in [3.63, 3.8) is 0 Å². The van der Waals surface area contributed by atoms with Crippen LogP contribution in [0.1, 0.15) is 17.5 Å². The molecule has 0 N–H and O–H groups in total. The van der Waals surface area contributed by atoms with Crippen LogP contribution in [-0.4, -0.2) is 38.9 Å². The van der Waals surface area contributed by atoms with Gasteiger partial charge in [-0.15, -0.1) is 0 Å². The highest BCUT2D eigenvalue weighted by molar-refractivity contribution is 7.89. The molecule has 29 heavy (non-hydrogen) atoms. The molecule has 0 radical (unpaired) electrons. The Morgan fingerprint density at radius 2 is 1.76 bits per heavy atom. The normalized spacial score (nSPS) is 19.7. The van der Waals surface area contributed by atoms with E-state index < -0.39 is 10.0 Å². The summed E-state index contributed by atoms with van der Waals surface area (Å²) in [5, 5.41) is 0. The number of sulfonamides is 1. The van der Waals surface area contributed by atoms with E-state index in [-0.39, 0.29) is 11.9 Å². The zero-order valence-electron chi connectivity index (χ0n) is 16.5. The van der Waals surface area contributed by atoms with E-state index >= 15 is 0 Å². The van der Waals surface area contributed by atoms with Crippen molar-refractivity contribution < 1.29 is 17.9 Å². The SMILES string of the molecule is COC(=O)C1=C(c2ccccc2)C=C2CN(S(=O)(=O)c3ccc(C)cc3)C[C@H]2C1. The van der Waals surface area contributed by atoms with Crippen LogP contribution in [0.4, 0.5) is 0 Å². The zero-order valence-corrected chi connectivity index (χ0v) is 17.3. The first-order chi connectivity index (χ1) is 13.9. The van der Waals surface area contributed by atoms with Crippen molar-refractivity contribution in [1.82, 2.24) is 4.31 Å². The molecule has 0 amide bonds. The van der Waals surface area contributed by atoms with Crippen molar-refractivity contribution in [2.45, 2.75) is 18.2 Å². The second-order valence-corrected chi connectivity index (χ2v) is 9.42. The van der Waals surface area contributed by atoms with Crippen LogP contribution in [0, 0.1) is 12.8 Å². The predicted molar refractivity (Wildman–Crippen MR) is 112 cm³/mol. The Bertz CT molecular complexity index is 1100. The average molecular weight is 410 g/mol. The first kappa shape index (κ1) is 19.6. The fourth-order valence-electron chi connectivity index (χ4n) is 3.98. The van der Waals surface area contributed by atoms with Crippen molar-refractivity contribution in [1.29, 1.82) is 0 Å². The fourth-order valence-corrected chi connectivity index (χ4v) is 5.46. The summed E-state index contributed by atoms with van der Waals surface area (Å²) < 4.78 is 32.7. The predicted octanol–water partition coefficient (Wildman–Crippen LogP) is 3.57. The molecule has 2 aromatic rings. The molecular weight excluding hydrogens is 386 g/mol. The van der Waals surface area contributed by atoms with Gasteiger partial charge in [0.1, 0.15) is 0 Å². The smallest absolute Gasteiger partial charge is 0.334 e.